The van der Waals surface area contributed by atoms with Gasteiger partial charge in [-0.2, -0.15) is 11.3 Å². The highest BCUT2D eigenvalue weighted by Crippen LogP contribution is 2.30. The predicted octanol–water partition coefficient (Wildman–Crippen LogP) is 3.67. The molecular formula is C17H18N2O2S. The van der Waals surface area contributed by atoms with Crippen molar-refractivity contribution in [3.63, 3.8) is 0 Å². The van der Waals surface area contributed by atoms with E-state index in [1.54, 1.807) is 11.3 Å². The third-order valence-corrected chi connectivity index (χ3v) is 4.34. The van der Waals surface area contributed by atoms with E-state index < -0.39 is 0 Å². The molecule has 2 aromatic rings. The first-order valence-corrected chi connectivity index (χ1v) is 8.37. The Kier molecular flexibility index (Phi) is 4.53. The van der Waals surface area contributed by atoms with Gasteiger partial charge in [0.05, 0.1) is 0 Å². The summed E-state index contributed by atoms with van der Waals surface area (Å²) in [6.45, 7) is 0. The average molecular weight is 314 g/mol. The first-order valence-electron chi connectivity index (χ1n) is 7.42. The number of hydrogen-bond acceptors (Lipinski definition) is 3. The van der Waals surface area contributed by atoms with Crippen molar-refractivity contribution in [2.45, 2.75) is 25.7 Å². The van der Waals surface area contributed by atoms with Crippen LogP contribution < -0.4 is 10.6 Å². The predicted molar refractivity (Wildman–Crippen MR) is 89.1 cm³/mol. The maximum atomic E-state index is 11.9. The van der Waals surface area contributed by atoms with Crippen LogP contribution in [0.4, 0.5) is 11.4 Å². The Balaban J connectivity index is 1.47. The maximum absolute atomic E-state index is 11.9. The van der Waals surface area contributed by atoms with Crippen LogP contribution in [0.25, 0.3) is 0 Å². The molecule has 1 aromatic heterocycles. The molecule has 1 saturated carbocycles. The second kappa shape index (κ2) is 6.75. The van der Waals surface area contributed by atoms with Crippen molar-refractivity contribution in [2.24, 2.45) is 5.92 Å². The van der Waals surface area contributed by atoms with Gasteiger partial charge in [-0.1, -0.05) is 0 Å². The zero-order valence-corrected chi connectivity index (χ0v) is 13.0. The first kappa shape index (κ1) is 14.8. The number of nitrogens with one attached hydrogen (secondary N) is 2. The van der Waals surface area contributed by atoms with Crippen molar-refractivity contribution in [1.29, 1.82) is 0 Å². The van der Waals surface area contributed by atoms with E-state index in [2.05, 4.69) is 16.0 Å². The summed E-state index contributed by atoms with van der Waals surface area (Å²) in [6.07, 6.45) is 3.20. The summed E-state index contributed by atoms with van der Waals surface area (Å²) >= 11 is 1.64. The first-order chi connectivity index (χ1) is 10.7. The number of hydrogen-bond donors (Lipinski definition) is 2. The van der Waals surface area contributed by atoms with Crippen molar-refractivity contribution in [1.82, 2.24) is 0 Å². The smallest absolute Gasteiger partial charge is 0.227 e. The van der Waals surface area contributed by atoms with Crippen LogP contribution in [0, 0.1) is 5.92 Å². The van der Waals surface area contributed by atoms with E-state index in [1.165, 1.54) is 5.56 Å². The van der Waals surface area contributed by atoms with Crippen LogP contribution in [0.5, 0.6) is 0 Å². The monoisotopic (exact) mass is 314 g/mol. The summed E-state index contributed by atoms with van der Waals surface area (Å²) in [5.74, 6) is 0.282. The molecule has 0 saturated heterocycles. The Morgan fingerprint density at radius 3 is 2.32 bits per heavy atom. The highest BCUT2D eigenvalue weighted by Gasteiger charge is 2.29. The minimum Gasteiger partial charge on any atom is -0.326 e. The van der Waals surface area contributed by atoms with Crippen molar-refractivity contribution in [3.8, 4) is 0 Å². The van der Waals surface area contributed by atoms with E-state index in [0.717, 1.165) is 30.6 Å². The lowest BCUT2D eigenvalue weighted by molar-refractivity contribution is -0.117. The molecule has 2 N–H and O–H groups in total. The van der Waals surface area contributed by atoms with Gasteiger partial charge in [0.25, 0.3) is 0 Å². The van der Waals surface area contributed by atoms with Gasteiger partial charge in [-0.3, -0.25) is 9.59 Å². The summed E-state index contributed by atoms with van der Waals surface area (Å²) in [5.41, 5.74) is 2.71. The summed E-state index contributed by atoms with van der Waals surface area (Å²) in [7, 11) is 0. The van der Waals surface area contributed by atoms with Gasteiger partial charge in [-0.05, 0) is 65.9 Å². The summed E-state index contributed by atoms with van der Waals surface area (Å²) < 4.78 is 0. The average Bonchev–Trinajstić information content (AvgIpc) is 3.24. The highest BCUT2D eigenvalue weighted by molar-refractivity contribution is 7.07. The number of anilines is 2. The lowest BCUT2D eigenvalue weighted by Gasteiger charge is -2.07. The molecule has 22 heavy (non-hydrogen) atoms. The molecule has 0 atom stereocenters. The van der Waals surface area contributed by atoms with Crippen LogP contribution in [0.1, 0.15) is 24.8 Å². The minimum absolute atomic E-state index is 0.000894. The van der Waals surface area contributed by atoms with Crippen LogP contribution in [0.15, 0.2) is 41.1 Å². The van der Waals surface area contributed by atoms with Crippen LogP contribution in [0.2, 0.25) is 0 Å². The number of carbonyl (C=O) groups is 2. The fraction of sp³-hybridized carbons (Fsp3) is 0.294. The van der Waals surface area contributed by atoms with Gasteiger partial charge in [0.15, 0.2) is 0 Å². The van der Waals surface area contributed by atoms with E-state index in [1.807, 2.05) is 35.7 Å². The molecule has 1 aromatic carbocycles. The van der Waals surface area contributed by atoms with E-state index in [0.29, 0.717) is 6.42 Å². The minimum atomic E-state index is 0.000894. The van der Waals surface area contributed by atoms with Crippen molar-refractivity contribution in [2.75, 3.05) is 10.6 Å². The van der Waals surface area contributed by atoms with Gasteiger partial charge in [-0.25, -0.2) is 0 Å². The Morgan fingerprint density at radius 1 is 1.05 bits per heavy atom. The van der Waals surface area contributed by atoms with E-state index in [4.69, 9.17) is 0 Å². The summed E-state index contributed by atoms with van der Waals surface area (Å²) in [6, 6.07) is 9.29. The molecule has 0 bridgehead atoms. The molecule has 5 heteroatoms. The number of benzene rings is 1. The van der Waals surface area contributed by atoms with Crippen LogP contribution in [0.3, 0.4) is 0 Å². The molecule has 1 aliphatic carbocycles. The third-order valence-electron chi connectivity index (χ3n) is 3.61. The number of amides is 2. The quantitative estimate of drug-likeness (QED) is 0.854. The number of carbonyl (C=O) groups excluding carboxylic acids is 2. The highest BCUT2D eigenvalue weighted by atomic mass is 32.1. The second-order valence-corrected chi connectivity index (χ2v) is 6.30. The lowest BCUT2D eigenvalue weighted by atomic mass is 10.2. The zero-order valence-electron chi connectivity index (χ0n) is 12.2. The SMILES string of the molecule is O=C(CCc1ccsc1)Nc1ccc(NC(=O)C2CC2)cc1. The van der Waals surface area contributed by atoms with E-state index in [-0.39, 0.29) is 17.7 Å². The number of rotatable bonds is 6. The second-order valence-electron chi connectivity index (χ2n) is 5.52. The third kappa shape index (κ3) is 4.18. The molecule has 3 rings (SSSR count). The van der Waals surface area contributed by atoms with Gasteiger partial charge < -0.3 is 10.6 Å². The number of aryl methyl sites for hydroxylation is 1. The molecule has 1 fully saturated rings. The van der Waals surface area contributed by atoms with Gasteiger partial charge in [-0.15, -0.1) is 0 Å². The zero-order chi connectivity index (χ0) is 15.4. The molecule has 2 amide bonds. The fourth-order valence-corrected chi connectivity index (χ4v) is 2.85. The normalized spacial score (nSPS) is 13.6. The molecule has 114 valence electrons. The fourth-order valence-electron chi connectivity index (χ4n) is 2.14. The van der Waals surface area contributed by atoms with Crippen molar-refractivity contribution >= 4 is 34.5 Å². The molecule has 4 nitrogen and oxygen atoms in total. The Bertz CT molecular complexity index is 646. The molecule has 0 unspecified atom stereocenters. The largest absolute Gasteiger partial charge is 0.326 e. The molecule has 0 radical (unpaired) electrons. The van der Waals surface area contributed by atoms with Crippen molar-refractivity contribution in [3.05, 3.63) is 46.7 Å². The van der Waals surface area contributed by atoms with Gasteiger partial charge in [0.1, 0.15) is 0 Å². The standard InChI is InChI=1S/C17H18N2O2S/c20-16(8-1-12-9-10-22-11-12)18-14-4-6-15(7-5-14)19-17(21)13-2-3-13/h4-7,9-11,13H,1-3,8H2,(H,18,20)(H,19,21). The summed E-state index contributed by atoms with van der Waals surface area (Å²) in [5, 5.41) is 9.83. The molecule has 0 aliphatic heterocycles. The maximum Gasteiger partial charge on any atom is 0.227 e. The van der Waals surface area contributed by atoms with Gasteiger partial charge in [0.2, 0.25) is 11.8 Å². The summed E-state index contributed by atoms with van der Waals surface area (Å²) in [4.78, 5) is 23.5. The molecule has 1 aliphatic rings. The van der Waals surface area contributed by atoms with E-state index in [9.17, 15) is 9.59 Å². The van der Waals surface area contributed by atoms with Gasteiger partial charge >= 0.3 is 0 Å². The topological polar surface area (TPSA) is 58.2 Å². The Labute approximate surface area is 133 Å². The lowest BCUT2D eigenvalue weighted by Crippen LogP contribution is -2.14. The van der Waals surface area contributed by atoms with Crippen LogP contribution in [-0.4, -0.2) is 11.8 Å². The number of thiophene rings is 1. The van der Waals surface area contributed by atoms with Crippen LogP contribution >= 0.6 is 11.3 Å². The van der Waals surface area contributed by atoms with E-state index >= 15 is 0 Å². The van der Waals surface area contributed by atoms with Crippen molar-refractivity contribution < 1.29 is 9.59 Å². The van der Waals surface area contributed by atoms with Crippen LogP contribution in [-0.2, 0) is 16.0 Å². The Morgan fingerprint density at radius 2 is 1.73 bits per heavy atom. The Hall–Kier alpha value is -2.14. The van der Waals surface area contributed by atoms with Gasteiger partial charge in [0, 0.05) is 23.7 Å². The molecule has 0 spiro atoms. The molecular weight excluding hydrogens is 296 g/mol. The molecule has 1 heterocycles.